The van der Waals surface area contributed by atoms with Gasteiger partial charge in [0.2, 0.25) is 0 Å². The van der Waals surface area contributed by atoms with E-state index in [0.29, 0.717) is 12.0 Å². The Kier molecular flexibility index (Phi) is 8.94. The van der Waals surface area contributed by atoms with Crippen LogP contribution >= 0.6 is 24.8 Å². The lowest BCUT2D eigenvalue weighted by molar-refractivity contribution is 0.103. The van der Waals surface area contributed by atoms with Crippen molar-refractivity contribution in [2.75, 3.05) is 26.2 Å². The van der Waals surface area contributed by atoms with Gasteiger partial charge in [-0.1, -0.05) is 37.5 Å². The standard InChI is InChI=1S/C18H25N3.2ClH/c19-14-16-8-4-5-9-17(16)18(15-6-2-1-3-7-15)21-12-10-20-11-13-21;;/h4-5,8-9,15,18,20H,1-3,6-7,10-13H2;2*1H/t18-;;/m0../s1. The zero-order valence-corrected chi connectivity index (χ0v) is 15.2. The molecule has 1 saturated carbocycles. The number of hydrogen-bond acceptors (Lipinski definition) is 3. The molecule has 2 fully saturated rings. The Morgan fingerprint density at radius 2 is 1.70 bits per heavy atom. The molecule has 3 nitrogen and oxygen atoms in total. The van der Waals surface area contributed by atoms with E-state index < -0.39 is 0 Å². The van der Waals surface area contributed by atoms with Gasteiger partial charge in [-0.15, -0.1) is 24.8 Å². The third kappa shape index (κ3) is 4.84. The summed E-state index contributed by atoms with van der Waals surface area (Å²) in [4.78, 5) is 2.61. The highest BCUT2D eigenvalue weighted by atomic mass is 35.5. The van der Waals surface area contributed by atoms with Gasteiger partial charge < -0.3 is 5.32 Å². The van der Waals surface area contributed by atoms with Crippen LogP contribution in [-0.2, 0) is 0 Å². The van der Waals surface area contributed by atoms with Crippen LogP contribution in [0.2, 0.25) is 0 Å². The van der Waals surface area contributed by atoms with Gasteiger partial charge in [0.15, 0.2) is 0 Å². The summed E-state index contributed by atoms with van der Waals surface area (Å²) >= 11 is 0. The van der Waals surface area contributed by atoms with Crippen LogP contribution in [0.5, 0.6) is 0 Å². The second-order valence-corrected chi connectivity index (χ2v) is 6.33. The number of nitrogens with zero attached hydrogens (tertiary/aromatic N) is 2. The molecule has 5 heteroatoms. The minimum Gasteiger partial charge on any atom is -0.314 e. The van der Waals surface area contributed by atoms with E-state index in [2.05, 4.69) is 28.4 Å². The van der Waals surface area contributed by atoms with E-state index in [0.717, 1.165) is 31.7 Å². The number of hydrogen-bond donors (Lipinski definition) is 1. The molecular weight excluding hydrogens is 329 g/mol. The van der Waals surface area contributed by atoms with Gasteiger partial charge in [0.1, 0.15) is 0 Å². The average molecular weight is 356 g/mol. The van der Waals surface area contributed by atoms with E-state index in [4.69, 9.17) is 0 Å². The molecule has 2 aliphatic rings. The smallest absolute Gasteiger partial charge is 0.0995 e. The molecule has 1 atom stereocenters. The van der Waals surface area contributed by atoms with Crippen molar-refractivity contribution in [3.63, 3.8) is 0 Å². The molecule has 0 unspecified atom stereocenters. The molecule has 23 heavy (non-hydrogen) atoms. The summed E-state index contributed by atoms with van der Waals surface area (Å²) in [6.07, 6.45) is 6.71. The van der Waals surface area contributed by atoms with Crippen molar-refractivity contribution in [2.24, 2.45) is 5.92 Å². The molecule has 0 bridgehead atoms. The van der Waals surface area contributed by atoms with E-state index in [1.54, 1.807) is 0 Å². The van der Waals surface area contributed by atoms with Gasteiger partial charge in [0, 0.05) is 32.2 Å². The number of piperazine rings is 1. The maximum Gasteiger partial charge on any atom is 0.0995 e. The quantitative estimate of drug-likeness (QED) is 0.892. The molecule has 0 radical (unpaired) electrons. The minimum absolute atomic E-state index is 0. The maximum atomic E-state index is 9.48. The summed E-state index contributed by atoms with van der Waals surface area (Å²) in [6, 6.07) is 11.1. The lowest BCUT2D eigenvalue weighted by atomic mass is 9.79. The second-order valence-electron chi connectivity index (χ2n) is 6.33. The zero-order valence-electron chi connectivity index (χ0n) is 13.5. The lowest BCUT2D eigenvalue weighted by Gasteiger charge is -2.41. The topological polar surface area (TPSA) is 39.1 Å². The molecule has 1 aromatic carbocycles. The van der Waals surface area contributed by atoms with Gasteiger partial charge >= 0.3 is 0 Å². The fourth-order valence-corrected chi connectivity index (χ4v) is 4.02. The van der Waals surface area contributed by atoms with Crippen molar-refractivity contribution >= 4 is 24.8 Å². The highest BCUT2D eigenvalue weighted by Gasteiger charge is 2.32. The summed E-state index contributed by atoms with van der Waals surface area (Å²) in [5.74, 6) is 0.714. The molecule has 0 amide bonds. The fraction of sp³-hybridized carbons (Fsp3) is 0.611. The van der Waals surface area contributed by atoms with E-state index in [-0.39, 0.29) is 24.8 Å². The van der Waals surface area contributed by atoms with E-state index in [1.165, 1.54) is 37.7 Å². The third-order valence-electron chi connectivity index (χ3n) is 5.04. The van der Waals surface area contributed by atoms with Gasteiger partial charge in [-0.2, -0.15) is 5.26 Å². The molecule has 1 aliphatic carbocycles. The zero-order chi connectivity index (χ0) is 14.5. The first-order valence-corrected chi connectivity index (χ1v) is 8.34. The molecule has 1 heterocycles. The van der Waals surface area contributed by atoms with Crippen molar-refractivity contribution in [2.45, 2.75) is 38.1 Å². The second kappa shape index (κ2) is 10.2. The maximum absolute atomic E-state index is 9.48. The van der Waals surface area contributed by atoms with Crippen molar-refractivity contribution in [3.05, 3.63) is 35.4 Å². The van der Waals surface area contributed by atoms with Crippen molar-refractivity contribution in [1.29, 1.82) is 5.26 Å². The molecule has 0 spiro atoms. The molecular formula is C18H27Cl2N3. The first kappa shape index (κ1) is 20.3. The highest BCUT2D eigenvalue weighted by Crippen LogP contribution is 2.39. The highest BCUT2D eigenvalue weighted by molar-refractivity contribution is 5.85. The van der Waals surface area contributed by atoms with Crippen LogP contribution in [-0.4, -0.2) is 31.1 Å². The molecule has 1 aromatic rings. The van der Waals surface area contributed by atoms with Crippen molar-refractivity contribution in [3.8, 4) is 6.07 Å². The number of rotatable bonds is 3. The molecule has 3 rings (SSSR count). The predicted molar refractivity (Wildman–Crippen MR) is 99.4 cm³/mol. The normalized spacial score (nSPS) is 20.7. The molecule has 1 saturated heterocycles. The summed E-state index contributed by atoms with van der Waals surface area (Å²) < 4.78 is 0. The van der Waals surface area contributed by atoms with Crippen molar-refractivity contribution in [1.82, 2.24) is 10.2 Å². The Bertz CT molecular complexity index is 485. The van der Waals surface area contributed by atoms with Crippen LogP contribution in [0.15, 0.2) is 24.3 Å². The predicted octanol–water partition coefficient (Wildman–Crippen LogP) is 3.93. The molecule has 0 aromatic heterocycles. The van der Waals surface area contributed by atoms with Gasteiger partial charge in [-0.25, -0.2) is 0 Å². The third-order valence-corrected chi connectivity index (χ3v) is 5.04. The monoisotopic (exact) mass is 355 g/mol. The van der Waals surface area contributed by atoms with Crippen LogP contribution in [0, 0.1) is 17.2 Å². The van der Waals surface area contributed by atoms with Gasteiger partial charge in [0.25, 0.3) is 0 Å². The first-order chi connectivity index (χ1) is 10.4. The van der Waals surface area contributed by atoms with Crippen LogP contribution in [0.3, 0.4) is 0 Å². The number of halogens is 2. The number of nitrogens with one attached hydrogen (secondary N) is 1. The van der Waals surface area contributed by atoms with E-state index >= 15 is 0 Å². The van der Waals surface area contributed by atoms with Crippen LogP contribution in [0.25, 0.3) is 0 Å². The summed E-state index contributed by atoms with van der Waals surface area (Å²) in [7, 11) is 0. The van der Waals surface area contributed by atoms with E-state index in [9.17, 15) is 5.26 Å². The fourth-order valence-electron chi connectivity index (χ4n) is 4.02. The lowest BCUT2D eigenvalue weighted by Crippen LogP contribution is -2.47. The first-order valence-electron chi connectivity index (χ1n) is 8.34. The molecule has 1 aliphatic heterocycles. The SMILES string of the molecule is Cl.Cl.N#Cc1ccccc1[C@H](C1CCCCC1)N1CCNCC1. The summed E-state index contributed by atoms with van der Waals surface area (Å²) in [5.41, 5.74) is 2.13. The van der Waals surface area contributed by atoms with Gasteiger partial charge in [0.05, 0.1) is 11.6 Å². The summed E-state index contributed by atoms with van der Waals surface area (Å²) in [5, 5.41) is 12.9. The van der Waals surface area contributed by atoms with Crippen molar-refractivity contribution < 1.29 is 0 Å². The number of benzene rings is 1. The molecule has 128 valence electrons. The largest absolute Gasteiger partial charge is 0.314 e. The average Bonchev–Trinajstić information content (AvgIpc) is 2.58. The minimum atomic E-state index is 0. The van der Waals surface area contributed by atoms with Crippen LogP contribution < -0.4 is 5.32 Å². The van der Waals surface area contributed by atoms with Crippen LogP contribution in [0.4, 0.5) is 0 Å². The van der Waals surface area contributed by atoms with Crippen LogP contribution in [0.1, 0.15) is 49.3 Å². The Hall–Kier alpha value is -0.790. The van der Waals surface area contributed by atoms with Gasteiger partial charge in [-0.05, 0) is 30.4 Å². The Morgan fingerprint density at radius 3 is 2.35 bits per heavy atom. The van der Waals surface area contributed by atoms with E-state index in [1.807, 2.05) is 12.1 Å². The Morgan fingerprint density at radius 1 is 1.04 bits per heavy atom. The Balaban J connectivity index is 0.00000132. The van der Waals surface area contributed by atoms with Gasteiger partial charge in [-0.3, -0.25) is 4.90 Å². The number of nitriles is 1. The molecule has 1 N–H and O–H groups in total. The Labute approximate surface area is 152 Å². The summed E-state index contributed by atoms with van der Waals surface area (Å²) in [6.45, 7) is 4.33.